The van der Waals surface area contributed by atoms with Gasteiger partial charge in [0.1, 0.15) is 0 Å². The lowest BCUT2D eigenvalue weighted by Crippen LogP contribution is -2.56. The summed E-state index contributed by atoms with van der Waals surface area (Å²) in [6, 6.07) is 1.47. The molecular weight excluding hydrogens is 254 g/mol. The van der Waals surface area contributed by atoms with Crippen LogP contribution in [0.3, 0.4) is 0 Å². The highest BCUT2D eigenvalue weighted by Crippen LogP contribution is 2.35. The fourth-order valence-electron chi connectivity index (χ4n) is 1.70. The van der Waals surface area contributed by atoms with Crippen LogP contribution in [0, 0.1) is 6.92 Å². The third-order valence-corrected chi connectivity index (χ3v) is 2.81. The number of aromatic carboxylic acids is 1. The third kappa shape index (κ3) is 2.17. The lowest BCUT2D eigenvalue weighted by molar-refractivity contribution is -0.0262. The lowest BCUT2D eigenvalue weighted by atomic mass is 10.1. The van der Waals surface area contributed by atoms with E-state index in [2.05, 4.69) is 4.98 Å². The van der Waals surface area contributed by atoms with E-state index in [1.54, 1.807) is 6.92 Å². The van der Waals surface area contributed by atoms with Crippen molar-refractivity contribution in [2.45, 2.75) is 12.8 Å². The number of nitrogens with zero attached hydrogens (tertiary/aromatic N) is 2. The molecular formula is C10H9ClF2N2O2. The van der Waals surface area contributed by atoms with Gasteiger partial charge in [-0.2, -0.15) is 0 Å². The molecule has 0 spiro atoms. The number of aromatic nitrogens is 1. The van der Waals surface area contributed by atoms with E-state index in [0.29, 0.717) is 11.3 Å². The number of rotatable bonds is 2. The monoisotopic (exact) mass is 262 g/mol. The van der Waals surface area contributed by atoms with Crippen LogP contribution in [0.5, 0.6) is 0 Å². The van der Waals surface area contributed by atoms with E-state index in [9.17, 15) is 13.6 Å². The molecule has 0 aliphatic carbocycles. The molecule has 1 N–H and O–H groups in total. The normalized spacial score (nSPS) is 17.8. The summed E-state index contributed by atoms with van der Waals surface area (Å²) in [6.07, 6.45) is 0. The van der Waals surface area contributed by atoms with Crippen LogP contribution in [0.2, 0.25) is 5.15 Å². The molecule has 92 valence electrons. The van der Waals surface area contributed by atoms with Crippen LogP contribution in [0.4, 0.5) is 14.5 Å². The number of carboxylic acids is 1. The van der Waals surface area contributed by atoms with Crippen molar-refractivity contribution in [3.8, 4) is 0 Å². The molecule has 1 saturated heterocycles. The van der Waals surface area contributed by atoms with Crippen LogP contribution in [-0.4, -0.2) is 35.1 Å². The zero-order valence-electron chi connectivity index (χ0n) is 8.88. The Morgan fingerprint density at radius 1 is 1.59 bits per heavy atom. The van der Waals surface area contributed by atoms with Crippen LogP contribution in [0.25, 0.3) is 0 Å². The van der Waals surface area contributed by atoms with Crippen molar-refractivity contribution in [2.24, 2.45) is 0 Å². The highest BCUT2D eigenvalue weighted by Gasteiger charge is 2.44. The van der Waals surface area contributed by atoms with Crippen molar-refractivity contribution in [3.05, 3.63) is 22.5 Å². The predicted octanol–water partition coefficient (Wildman–Crippen LogP) is 2.20. The molecule has 0 saturated carbocycles. The van der Waals surface area contributed by atoms with Crippen LogP contribution < -0.4 is 4.90 Å². The SMILES string of the molecule is Cc1cc(N2CC(F)(F)C2)c(Cl)nc1C(=O)O. The van der Waals surface area contributed by atoms with E-state index in [1.165, 1.54) is 11.0 Å². The molecule has 1 fully saturated rings. The summed E-state index contributed by atoms with van der Waals surface area (Å²) in [7, 11) is 0. The van der Waals surface area contributed by atoms with Crippen molar-refractivity contribution in [3.63, 3.8) is 0 Å². The summed E-state index contributed by atoms with van der Waals surface area (Å²) in [5, 5.41) is 8.75. The van der Waals surface area contributed by atoms with Crippen molar-refractivity contribution < 1.29 is 18.7 Å². The molecule has 1 aliphatic heterocycles. The van der Waals surface area contributed by atoms with Gasteiger partial charge in [-0.15, -0.1) is 0 Å². The second-order valence-corrected chi connectivity index (χ2v) is 4.34. The zero-order chi connectivity index (χ0) is 12.8. The zero-order valence-corrected chi connectivity index (χ0v) is 9.63. The summed E-state index contributed by atoms with van der Waals surface area (Å²) in [6.45, 7) is 0.717. The molecule has 7 heteroatoms. The first kappa shape index (κ1) is 12.0. The molecule has 0 amide bonds. The predicted molar refractivity (Wildman–Crippen MR) is 58.1 cm³/mol. The smallest absolute Gasteiger partial charge is 0.354 e. The molecule has 0 radical (unpaired) electrons. The fourth-order valence-corrected chi connectivity index (χ4v) is 1.96. The van der Waals surface area contributed by atoms with Gasteiger partial charge in [-0.1, -0.05) is 11.6 Å². The van der Waals surface area contributed by atoms with Crippen molar-refractivity contribution >= 4 is 23.3 Å². The summed E-state index contributed by atoms with van der Waals surface area (Å²) in [4.78, 5) is 15.9. The number of pyridine rings is 1. The number of carboxylic acid groups (broad SMARTS) is 1. The standard InChI is InChI=1S/C10H9ClF2N2O2/c1-5-2-6(15-3-10(12,13)4-15)8(11)14-7(5)9(16)17/h2H,3-4H2,1H3,(H,16,17). The summed E-state index contributed by atoms with van der Waals surface area (Å²) >= 11 is 5.79. The lowest BCUT2D eigenvalue weighted by Gasteiger charge is -2.40. The number of hydrogen-bond acceptors (Lipinski definition) is 3. The van der Waals surface area contributed by atoms with Gasteiger partial charge in [-0.05, 0) is 18.6 Å². The van der Waals surface area contributed by atoms with Gasteiger partial charge >= 0.3 is 5.97 Å². The summed E-state index contributed by atoms with van der Waals surface area (Å²) in [5.74, 6) is -3.90. The van der Waals surface area contributed by atoms with Crippen LogP contribution in [-0.2, 0) is 0 Å². The molecule has 1 aromatic rings. The second-order valence-electron chi connectivity index (χ2n) is 3.98. The molecule has 1 aliphatic rings. The van der Waals surface area contributed by atoms with E-state index in [1.807, 2.05) is 0 Å². The van der Waals surface area contributed by atoms with Gasteiger partial charge in [-0.3, -0.25) is 0 Å². The Morgan fingerprint density at radius 2 is 2.18 bits per heavy atom. The van der Waals surface area contributed by atoms with E-state index >= 15 is 0 Å². The minimum atomic E-state index is -2.71. The van der Waals surface area contributed by atoms with Gasteiger partial charge in [0.25, 0.3) is 5.92 Å². The molecule has 17 heavy (non-hydrogen) atoms. The Kier molecular flexibility index (Phi) is 2.69. The largest absolute Gasteiger partial charge is 0.477 e. The first-order chi connectivity index (χ1) is 7.80. The van der Waals surface area contributed by atoms with E-state index in [4.69, 9.17) is 16.7 Å². The molecule has 0 unspecified atom stereocenters. The number of carbonyl (C=O) groups is 1. The van der Waals surface area contributed by atoms with Gasteiger partial charge in [0.2, 0.25) is 0 Å². The first-order valence-electron chi connectivity index (χ1n) is 4.83. The average molecular weight is 263 g/mol. The van der Waals surface area contributed by atoms with Gasteiger partial charge in [0, 0.05) is 0 Å². The van der Waals surface area contributed by atoms with E-state index in [0.717, 1.165) is 0 Å². The van der Waals surface area contributed by atoms with Gasteiger partial charge < -0.3 is 10.0 Å². The Morgan fingerprint density at radius 3 is 2.65 bits per heavy atom. The average Bonchev–Trinajstić information content (AvgIpc) is 2.17. The molecule has 0 atom stereocenters. The number of anilines is 1. The highest BCUT2D eigenvalue weighted by atomic mass is 35.5. The second kappa shape index (κ2) is 3.80. The van der Waals surface area contributed by atoms with Crippen molar-refractivity contribution in [2.75, 3.05) is 18.0 Å². The minimum Gasteiger partial charge on any atom is -0.477 e. The third-order valence-electron chi connectivity index (χ3n) is 2.54. The minimum absolute atomic E-state index is 0.0662. The van der Waals surface area contributed by atoms with Gasteiger partial charge in [-0.25, -0.2) is 18.6 Å². The van der Waals surface area contributed by atoms with Gasteiger partial charge in [0.05, 0.1) is 18.8 Å². The molecule has 0 bridgehead atoms. The van der Waals surface area contributed by atoms with Crippen molar-refractivity contribution in [1.82, 2.24) is 4.98 Å². The maximum absolute atomic E-state index is 12.7. The molecule has 1 aromatic heterocycles. The number of alkyl halides is 2. The van der Waals surface area contributed by atoms with Crippen molar-refractivity contribution in [1.29, 1.82) is 0 Å². The van der Waals surface area contributed by atoms with E-state index in [-0.39, 0.29) is 10.8 Å². The Hall–Kier alpha value is -1.43. The Labute approximate surface area is 101 Å². The summed E-state index contributed by atoms with van der Waals surface area (Å²) < 4.78 is 25.4. The number of hydrogen-bond donors (Lipinski definition) is 1. The Bertz CT molecular complexity index is 485. The maximum atomic E-state index is 12.7. The quantitative estimate of drug-likeness (QED) is 0.830. The Balaban J connectivity index is 2.32. The summed E-state index contributed by atoms with van der Waals surface area (Å²) in [5.41, 5.74) is 0.582. The fraction of sp³-hybridized carbons (Fsp3) is 0.400. The van der Waals surface area contributed by atoms with Crippen LogP contribution in [0.15, 0.2) is 6.07 Å². The molecule has 2 heterocycles. The number of aryl methyl sites for hydroxylation is 1. The first-order valence-corrected chi connectivity index (χ1v) is 5.21. The molecule has 0 aromatic carbocycles. The topological polar surface area (TPSA) is 53.4 Å². The van der Waals surface area contributed by atoms with Crippen LogP contribution in [0.1, 0.15) is 16.1 Å². The molecule has 4 nitrogen and oxygen atoms in total. The van der Waals surface area contributed by atoms with Gasteiger partial charge in [0.15, 0.2) is 10.8 Å². The van der Waals surface area contributed by atoms with Crippen LogP contribution >= 0.6 is 11.6 Å². The van der Waals surface area contributed by atoms with E-state index < -0.39 is 25.0 Å². The highest BCUT2D eigenvalue weighted by molar-refractivity contribution is 6.32. The molecule has 2 rings (SSSR count). The number of halogens is 3. The maximum Gasteiger partial charge on any atom is 0.354 e.